The highest BCUT2D eigenvalue weighted by Crippen LogP contribution is 2.62. The first-order valence-corrected chi connectivity index (χ1v) is 11.9. The Balaban J connectivity index is 7.22. The van der Waals surface area contributed by atoms with Gasteiger partial charge >= 0.3 is 29.5 Å². The van der Waals surface area contributed by atoms with Gasteiger partial charge < -0.3 is 9.22 Å². The zero-order chi connectivity index (χ0) is 27.0. The zero-order valence-electron chi connectivity index (χ0n) is 18.9. The molecule has 0 saturated carbocycles. The van der Waals surface area contributed by atoms with Gasteiger partial charge in [-0.25, -0.2) is 8.78 Å². The lowest BCUT2D eigenvalue weighted by molar-refractivity contribution is -0.415. The summed E-state index contributed by atoms with van der Waals surface area (Å²) in [5.41, 5.74) is -9.42. The molecule has 0 heterocycles. The summed E-state index contributed by atoms with van der Waals surface area (Å²) in [4.78, 5) is 11.3. The van der Waals surface area contributed by atoms with Crippen molar-refractivity contribution in [3.63, 3.8) is 0 Å². The van der Waals surface area contributed by atoms with Crippen LogP contribution < -0.4 is 0 Å². The Bertz CT molecular complexity index is 707. The van der Waals surface area contributed by atoms with Crippen LogP contribution in [0.5, 0.6) is 0 Å². The monoisotopic (exact) mass is 524 g/mol. The second kappa shape index (κ2) is 9.82. The van der Waals surface area contributed by atoms with Gasteiger partial charge in [-0.3, -0.25) is 0 Å². The number of hydrogen-bond donors (Lipinski definition) is 0. The fraction of sp³-hybridized carbons (Fsp3) is 0.842. The molecule has 33 heavy (non-hydrogen) atoms. The normalized spacial score (nSPS) is 17.5. The number of carbonyl (C=O) groups excluding carboxylic acids is 1. The molecule has 0 bridgehead atoms. The summed E-state index contributed by atoms with van der Waals surface area (Å²) in [6.07, 6.45) is -7.39. The molecule has 0 N–H and O–H groups in total. The molecule has 0 fully saturated rings. The largest absolute Gasteiger partial charge is 0.460 e. The van der Waals surface area contributed by atoms with E-state index in [1.54, 1.807) is 0 Å². The minimum atomic E-state index is -7.52. The van der Waals surface area contributed by atoms with Crippen molar-refractivity contribution in [3.8, 4) is 0 Å². The number of alkyl halides is 11. The molecule has 0 aliphatic heterocycles. The summed E-state index contributed by atoms with van der Waals surface area (Å²) in [6.45, 7) is 7.38. The van der Waals surface area contributed by atoms with Crippen molar-refractivity contribution in [1.82, 2.24) is 0 Å². The summed E-state index contributed by atoms with van der Waals surface area (Å²) in [6, 6.07) is 0. The molecule has 0 aliphatic rings. The van der Waals surface area contributed by atoms with Gasteiger partial charge in [-0.05, 0) is 30.5 Å². The van der Waals surface area contributed by atoms with Crippen LogP contribution in [0.1, 0.15) is 48.5 Å². The van der Waals surface area contributed by atoms with Crippen LogP contribution >= 0.6 is 0 Å². The van der Waals surface area contributed by atoms with Crippen LogP contribution in [0.4, 0.5) is 48.3 Å². The van der Waals surface area contributed by atoms with Crippen molar-refractivity contribution >= 4 is 14.6 Å². The Morgan fingerprint density at radius 3 is 1.42 bits per heavy atom. The van der Waals surface area contributed by atoms with Crippen LogP contribution in [-0.4, -0.2) is 50.2 Å². The van der Waals surface area contributed by atoms with Gasteiger partial charge in [0, 0.05) is 5.92 Å². The lowest BCUT2D eigenvalue weighted by Crippen LogP contribution is -2.76. The minimum Gasteiger partial charge on any atom is -0.402 e. The summed E-state index contributed by atoms with van der Waals surface area (Å²) < 4.78 is 158. The summed E-state index contributed by atoms with van der Waals surface area (Å²) in [5.74, 6) is -23.4. The van der Waals surface area contributed by atoms with E-state index in [9.17, 15) is 44.3 Å². The van der Waals surface area contributed by atoms with Crippen molar-refractivity contribution in [3.05, 3.63) is 11.6 Å². The first kappa shape index (κ1) is 31.8. The molecule has 0 spiro atoms. The molecule has 2 atom stereocenters. The molecule has 0 rings (SSSR count). The van der Waals surface area contributed by atoms with E-state index in [-0.39, 0.29) is 11.9 Å². The lowest BCUT2D eigenvalue weighted by Gasteiger charge is -2.50. The van der Waals surface area contributed by atoms with Gasteiger partial charge in [0.2, 0.25) is 0 Å². The Labute approximate surface area is 185 Å². The third kappa shape index (κ3) is 4.83. The maximum Gasteiger partial charge on any atom is 0.460 e. The van der Waals surface area contributed by atoms with E-state index in [1.165, 1.54) is 19.9 Å². The van der Waals surface area contributed by atoms with Gasteiger partial charge in [-0.15, -0.1) is 0 Å². The van der Waals surface area contributed by atoms with Crippen LogP contribution in [0.15, 0.2) is 11.6 Å². The molecule has 0 aliphatic carbocycles. The van der Waals surface area contributed by atoms with Gasteiger partial charge in [0.25, 0.3) is 8.32 Å². The second-order valence-electron chi connectivity index (χ2n) is 8.46. The standard InChI is InChI=1S/C19H27F11O2Si/c1-8-12(6)14(13(7)9-31)32-33(10(2)3,11(4)5)19(29,30)17(24,25)15(20,21)16(22,23)18(26,27)28/h8-11,13-14H,1-7H3/b12-8+. The van der Waals surface area contributed by atoms with Crippen molar-refractivity contribution < 1.29 is 57.5 Å². The van der Waals surface area contributed by atoms with E-state index in [0.29, 0.717) is 0 Å². The van der Waals surface area contributed by atoms with Crippen LogP contribution in [0.3, 0.4) is 0 Å². The van der Waals surface area contributed by atoms with E-state index in [2.05, 4.69) is 0 Å². The Hall–Kier alpha value is -1.18. The molecule has 2 unspecified atom stereocenters. The number of halogens is 11. The summed E-state index contributed by atoms with van der Waals surface area (Å²) in [7, 11) is -5.75. The lowest BCUT2D eigenvalue weighted by atomic mass is 10.00. The molecule has 0 aromatic heterocycles. The van der Waals surface area contributed by atoms with E-state index in [4.69, 9.17) is 4.43 Å². The van der Waals surface area contributed by atoms with Gasteiger partial charge in [0.1, 0.15) is 6.29 Å². The quantitative estimate of drug-likeness (QED) is 0.121. The second-order valence-corrected chi connectivity index (χ2v) is 13.2. The van der Waals surface area contributed by atoms with Gasteiger partial charge in [-0.2, -0.15) is 39.5 Å². The summed E-state index contributed by atoms with van der Waals surface area (Å²) >= 11 is 0. The minimum absolute atomic E-state index is 0.0688. The Kier molecular flexibility index (Phi) is 9.47. The molecular formula is C19H27F11O2Si. The highest BCUT2D eigenvalue weighted by atomic mass is 28.4. The Morgan fingerprint density at radius 1 is 0.758 bits per heavy atom. The smallest absolute Gasteiger partial charge is 0.402 e. The van der Waals surface area contributed by atoms with Crippen LogP contribution in [0.2, 0.25) is 11.1 Å². The predicted octanol–water partition coefficient (Wildman–Crippen LogP) is 7.58. The van der Waals surface area contributed by atoms with Crippen molar-refractivity contribution in [2.75, 3.05) is 0 Å². The van der Waals surface area contributed by atoms with E-state index in [1.807, 2.05) is 0 Å². The molecule has 196 valence electrons. The van der Waals surface area contributed by atoms with Crippen molar-refractivity contribution in [2.45, 2.75) is 95.1 Å². The third-order valence-electron chi connectivity index (χ3n) is 5.66. The first-order chi connectivity index (χ1) is 14.5. The fourth-order valence-corrected chi connectivity index (χ4v) is 8.56. The molecule has 0 aromatic carbocycles. The molecule has 2 nitrogen and oxygen atoms in total. The average molecular weight is 524 g/mol. The summed E-state index contributed by atoms with van der Waals surface area (Å²) in [5, 5.41) is 0. The zero-order valence-corrected chi connectivity index (χ0v) is 19.9. The number of carbonyl (C=O) groups is 1. The molecule has 0 saturated heterocycles. The topological polar surface area (TPSA) is 26.3 Å². The maximum absolute atomic E-state index is 15.4. The molecule has 14 heteroatoms. The number of allylic oxidation sites excluding steroid dienone is 1. The SMILES string of the molecule is C/C=C(\C)C(O[Si](C(C)C)(C(C)C)C(F)(F)C(F)(F)C(F)(F)C(F)(F)C(F)(F)F)C(C)C=O. The van der Waals surface area contributed by atoms with Crippen molar-refractivity contribution in [1.29, 1.82) is 0 Å². The maximum atomic E-state index is 15.4. The van der Waals surface area contributed by atoms with Crippen LogP contribution in [0, 0.1) is 5.92 Å². The highest BCUT2D eigenvalue weighted by molar-refractivity contribution is 6.79. The molecular weight excluding hydrogens is 497 g/mol. The van der Waals surface area contributed by atoms with Gasteiger partial charge in [-0.1, -0.05) is 40.7 Å². The highest BCUT2D eigenvalue weighted by Gasteiger charge is 2.90. The van der Waals surface area contributed by atoms with E-state index < -0.39 is 60.9 Å². The average Bonchev–Trinajstić information content (AvgIpc) is 2.65. The number of rotatable bonds is 11. The van der Waals surface area contributed by atoms with Gasteiger partial charge in [0.05, 0.1) is 6.10 Å². The van der Waals surface area contributed by atoms with Crippen LogP contribution in [0.25, 0.3) is 0 Å². The predicted molar refractivity (Wildman–Crippen MR) is 101 cm³/mol. The van der Waals surface area contributed by atoms with E-state index in [0.717, 1.165) is 34.6 Å². The van der Waals surface area contributed by atoms with Crippen LogP contribution in [-0.2, 0) is 9.22 Å². The van der Waals surface area contributed by atoms with Gasteiger partial charge in [0.15, 0.2) is 0 Å². The first-order valence-electron chi connectivity index (χ1n) is 9.79. The number of aldehydes is 1. The van der Waals surface area contributed by atoms with E-state index >= 15 is 8.78 Å². The molecule has 0 amide bonds. The number of hydrogen-bond acceptors (Lipinski definition) is 2. The molecule has 0 aromatic rings. The fourth-order valence-electron chi connectivity index (χ4n) is 3.62. The molecule has 0 radical (unpaired) electrons. The Morgan fingerprint density at radius 2 is 1.15 bits per heavy atom. The third-order valence-corrected chi connectivity index (χ3v) is 11.0. The van der Waals surface area contributed by atoms with Crippen molar-refractivity contribution in [2.24, 2.45) is 5.92 Å².